The Morgan fingerprint density at radius 3 is 2.63 bits per heavy atom. The summed E-state index contributed by atoms with van der Waals surface area (Å²) in [6, 6.07) is 10.4. The highest BCUT2D eigenvalue weighted by Gasteiger charge is 2.27. The number of aliphatic hydroxyl groups is 1. The molecule has 1 aromatic carbocycles. The zero-order valence-corrected chi connectivity index (χ0v) is 16.0. The number of aliphatic hydroxyl groups excluding tert-OH is 1. The Balaban J connectivity index is 1.39. The first-order valence-electron chi connectivity index (χ1n) is 9.74. The molecule has 0 amide bonds. The van der Waals surface area contributed by atoms with E-state index in [4.69, 9.17) is 0 Å². The third kappa shape index (κ3) is 3.67. The van der Waals surface area contributed by atoms with Crippen LogP contribution in [0, 0.1) is 12.8 Å². The van der Waals surface area contributed by atoms with Crippen LogP contribution in [0.3, 0.4) is 0 Å². The van der Waals surface area contributed by atoms with Gasteiger partial charge in [-0.05, 0) is 44.1 Å². The van der Waals surface area contributed by atoms with Gasteiger partial charge in [-0.15, -0.1) is 0 Å². The summed E-state index contributed by atoms with van der Waals surface area (Å²) in [5, 5.41) is 16.2. The topological polar surface area (TPSA) is 67.1 Å². The highest BCUT2D eigenvalue weighted by Crippen LogP contribution is 2.30. The van der Waals surface area contributed by atoms with Crippen molar-refractivity contribution in [2.45, 2.75) is 38.7 Å². The molecule has 1 aliphatic rings. The van der Waals surface area contributed by atoms with Crippen LogP contribution in [0.2, 0.25) is 0 Å². The fraction of sp³-hybridized carbons (Fsp3) is 0.476. The van der Waals surface area contributed by atoms with Crippen molar-refractivity contribution in [2.75, 3.05) is 18.0 Å². The number of hydrogen-bond acceptors (Lipinski definition) is 5. The average molecular weight is 365 g/mol. The number of hydrogen-bond donors (Lipinski definition) is 1. The highest BCUT2D eigenvalue weighted by molar-refractivity contribution is 5.89. The molecule has 1 aliphatic heterocycles. The minimum absolute atomic E-state index is 0.238. The number of aryl methyl sites for hydroxylation is 3. The maximum absolute atomic E-state index is 10.7. The molecular weight excluding hydrogens is 338 g/mol. The monoisotopic (exact) mass is 365 g/mol. The number of nitrogens with zero attached hydrogens (tertiary/aromatic N) is 5. The number of benzene rings is 1. The average Bonchev–Trinajstić information content (AvgIpc) is 3.01. The molecule has 1 fully saturated rings. The first-order chi connectivity index (χ1) is 13.1. The summed E-state index contributed by atoms with van der Waals surface area (Å²) < 4.78 is 1.82. The van der Waals surface area contributed by atoms with Crippen LogP contribution in [0.25, 0.3) is 11.0 Å². The summed E-state index contributed by atoms with van der Waals surface area (Å²) >= 11 is 0. The zero-order valence-electron chi connectivity index (χ0n) is 16.0. The first kappa shape index (κ1) is 17.9. The number of fused-ring (bicyclic) bond motifs is 1. The van der Waals surface area contributed by atoms with Gasteiger partial charge in [0.15, 0.2) is 5.65 Å². The summed E-state index contributed by atoms with van der Waals surface area (Å²) in [7, 11) is 1.92. The first-order valence-corrected chi connectivity index (χ1v) is 9.74. The lowest BCUT2D eigenvalue weighted by Gasteiger charge is -2.35. The Labute approximate surface area is 159 Å². The number of anilines is 1. The van der Waals surface area contributed by atoms with Crippen LogP contribution in [-0.4, -0.2) is 44.0 Å². The lowest BCUT2D eigenvalue weighted by atomic mass is 9.88. The lowest BCUT2D eigenvalue weighted by molar-refractivity contribution is 0.0850. The SMILES string of the molecule is Cc1nn(C)c2ncnc(N3CCC(C(O)CCc4ccccc4)CC3)c12. The molecule has 0 spiro atoms. The number of piperidine rings is 1. The largest absolute Gasteiger partial charge is 0.393 e. The molecule has 27 heavy (non-hydrogen) atoms. The van der Waals surface area contributed by atoms with Gasteiger partial charge in [0.05, 0.1) is 17.2 Å². The quantitative estimate of drug-likeness (QED) is 0.753. The van der Waals surface area contributed by atoms with Crippen molar-refractivity contribution in [3.63, 3.8) is 0 Å². The normalized spacial score (nSPS) is 16.8. The smallest absolute Gasteiger partial charge is 0.163 e. The predicted octanol–water partition coefficient (Wildman–Crippen LogP) is 2.88. The van der Waals surface area contributed by atoms with E-state index < -0.39 is 0 Å². The molecule has 3 aromatic rings. The summed E-state index contributed by atoms with van der Waals surface area (Å²) in [5.41, 5.74) is 3.14. The van der Waals surface area contributed by atoms with Gasteiger partial charge >= 0.3 is 0 Å². The van der Waals surface area contributed by atoms with Crippen molar-refractivity contribution >= 4 is 16.9 Å². The second-order valence-corrected chi connectivity index (χ2v) is 7.52. The van der Waals surface area contributed by atoms with Crippen molar-refractivity contribution in [2.24, 2.45) is 13.0 Å². The van der Waals surface area contributed by atoms with Crippen molar-refractivity contribution in [1.82, 2.24) is 19.7 Å². The molecule has 1 atom stereocenters. The van der Waals surface area contributed by atoms with Gasteiger partial charge in [0, 0.05) is 20.1 Å². The van der Waals surface area contributed by atoms with E-state index in [1.165, 1.54) is 5.56 Å². The molecule has 0 aliphatic carbocycles. The Morgan fingerprint density at radius 2 is 1.89 bits per heavy atom. The van der Waals surface area contributed by atoms with Gasteiger partial charge < -0.3 is 10.0 Å². The molecule has 2 aromatic heterocycles. The summed E-state index contributed by atoms with van der Waals surface area (Å²) in [6.07, 6.45) is 5.12. The third-order valence-electron chi connectivity index (χ3n) is 5.73. The molecule has 0 bridgehead atoms. The molecule has 142 valence electrons. The zero-order chi connectivity index (χ0) is 18.8. The Kier molecular flexibility index (Phi) is 5.07. The fourth-order valence-corrected chi connectivity index (χ4v) is 4.19. The van der Waals surface area contributed by atoms with Crippen LogP contribution in [-0.2, 0) is 13.5 Å². The molecule has 6 heteroatoms. The van der Waals surface area contributed by atoms with Crippen LogP contribution in [0.1, 0.15) is 30.5 Å². The van der Waals surface area contributed by atoms with E-state index in [0.717, 1.165) is 61.3 Å². The maximum Gasteiger partial charge on any atom is 0.163 e. The van der Waals surface area contributed by atoms with Crippen molar-refractivity contribution < 1.29 is 5.11 Å². The maximum atomic E-state index is 10.7. The molecule has 1 saturated heterocycles. The van der Waals surface area contributed by atoms with Crippen LogP contribution in [0.5, 0.6) is 0 Å². The standard InChI is InChI=1S/C21H27N5O/c1-15-19-20(25(2)24-15)22-14-23-21(19)26-12-10-17(11-13-26)18(27)9-8-16-6-4-3-5-7-16/h3-7,14,17-18,27H,8-13H2,1-2H3. The van der Waals surface area contributed by atoms with Crippen molar-refractivity contribution in [3.8, 4) is 0 Å². The van der Waals surface area contributed by atoms with Crippen LogP contribution in [0.15, 0.2) is 36.7 Å². The molecule has 3 heterocycles. The molecule has 0 saturated carbocycles. The summed E-state index contributed by atoms with van der Waals surface area (Å²) in [5.74, 6) is 1.33. The lowest BCUT2D eigenvalue weighted by Crippen LogP contribution is -2.38. The third-order valence-corrected chi connectivity index (χ3v) is 5.73. The van der Waals surface area contributed by atoms with Gasteiger partial charge in [-0.25, -0.2) is 9.97 Å². The van der Waals surface area contributed by atoms with E-state index in [1.54, 1.807) is 6.33 Å². The second kappa shape index (κ2) is 7.64. The van der Waals surface area contributed by atoms with Gasteiger partial charge in [0.25, 0.3) is 0 Å². The van der Waals surface area contributed by atoms with E-state index in [9.17, 15) is 5.11 Å². The molecular formula is C21H27N5O. The van der Waals surface area contributed by atoms with Gasteiger partial charge in [0.2, 0.25) is 0 Å². The minimum atomic E-state index is -0.238. The molecule has 0 radical (unpaired) electrons. The Hall–Kier alpha value is -2.47. The number of aromatic nitrogens is 4. The second-order valence-electron chi connectivity index (χ2n) is 7.52. The van der Waals surface area contributed by atoms with E-state index in [1.807, 2.05) is 24.7 Å². The molecule has 1 N–H and O–H groups in total. The van der Waals surface area contributed by atoms with Crippen LogP contribution in [0.4, 0.5) is 5.82 Å². The van der Waals surface area contributed by atoms with E-state index in [0.29, 0.717) is 5.92 Å². The fourth-order valence-electron chi connectivity index (χ4n) is 4.19. The van der Waals surface area contributed by atoms with Crippen molar-refractivity contribution in [1.29, 1.82) is 0 Å². The number of rotatable bonds is 5. The van der Waals surface area contributed by atoms with Crippen molar-refractivity contribution in [3.05, 3.63) is 47.9 Å². The summed E-state index contributed by atoms with van der Waals surface area (Å²) in [6.45, 7) is 3.83. The molecule has 6 nitrogen and oxygen atoms in total. The molecule has 4 rings (SSSR count). The van der Waals surface area contributed by atoms with E-state index >= 15 is 0 Å². The van der Waals surface area contributed by atoms with E-state index in [-0.39, 0.29) is 6.10 Å². The Morgan fingerprint density at radius 1 is 1.15 bits per heavy atom. The van der Waals surface area contributed by atoms with Crippen LogP contribution < -0.4 is 4.90 Å². The summed E-state index contributed by atoms with van der Waals surface area (Å²) in [4.78, 5) is 11.2. The van der Waals surface area contributed by atoms with Gasteiger partial charge in [-0.3, -0.25) is 4.68 Å². The van der Waals surface area contributed by atoms with Gasteiger partial charge in [-0.1, -0.05) is 30.3 Å². The predicted molar refractivity (Wildman–Crippen MR) is 107 cm³/mol. The van der Waals surface area contributed by atoms with E-state index in [2.05, 4.69) is 44.2 Å². The van der Waals surface area contributed by atoms with Gasteiger partial charge in [0.1, 0.15) is 12.1 Å². The highest BCUT2D eigenvalue weighted by atomic mass is 16.3. The molecule has 1 unspecified atom stereocenters. The minimum Gasteiger partial charge on any atom is -0.393 e. The van der Waals surface area contributed by atoms with Gasteiger partial charge in [-0.2, -0.15) is 5.10 Å². The van der Waals surface area contributed by atoms with Crippen LogP contribution >= 0.6 is 0 Å². The Bertz CT molecular complexity index is 900.